The van der Waals surface area contributed by atoms with E-state index in [9.17, 15) is 9.59 Å². The number of methoxy groups -OCH3 is 1. The van der Waals surface area contributed by atoms with Crippen molar-refractivity contribution in [3.8, 4) is 5.75 Å². The number of ether oxygens (including phenoxy) is 1. The van der Waals surface area contributed by atoms with Gasteiger partial charge in [-0.15, -0.1) is 0 Å². The number of aromatic nitrogens is 4. The van der Waals surface area contributed by atoms with Crippen molar-refractivity contribution in [3.05, 3.63) is 92.4 Å². The van der Waals surface area contributed by atoms with Gasteiger partial charge in [-0.1, -0.05) is 42.5 Å². The lowest BCUT2D eigenvalue weighted by molar-refractivity contribution is 0.214. The van der Waals surface area contributed by atoms with Crippen LogP contribution in [0.1, 0.15) is 49.1 Å². The van der Waals surface area contributed by atoms with Crippen LogP contribution in [-0.2, 0) is 18.5 Å². The summed E-state index contributed by atoms with van der Waals surface area (Å²) in [6.45, 7) is 0.900. The molecule has 7 nitrogen and oxygen atoms in total. The smallest absolute Gasteiger partial charge is 0.330 e. The third kappa shape index (κ3) is 3.29. The molecular formula is C29H30N4O3. The first-order valence-corrected chi connectivity index (χ1v) is 12.9. The van der Waals surface area contributed by atoms with Crippen LogP contribution in [0.4, 0.5) is 0 Å². The number of nitrogens with zero attached hydrogens (tertiary/aromatic N) is 3. The van der Waals surface area contributed by atoms with Crippen LogP contribution in [-0.4, -0.2) is 26.2 Å². The van der Waals surface area contributed by atoms with Crippen molar-refractivity contribution in [2.45, 2.75) is 50.6 Å². The van der Waals surface area contributed by atoms with Gasteiger partial charge in [-0.2, -0.15) is 0 Å². The predicted octanol–water partition coefficient (Wildman–Crippen LogP) is 4.07. The molecule has 0 amide bonds. The molecule has 4 bridgehead atoms. The van der Waals surface area contributed by atoms with Gasteiger partial charge < -0.3 is 9.30 Å². The summed E-state index contributed by atoms with van der Waals surface area (Å²) < 4.78 is 9.03. The van der Waals surface area contributed by atoms with Gasteiger partial charge in [-0.25, -0.2) is 9.78 Å². The van der Waals surface area contributed by atoms with E-state index in [0.717, 1.165) is 59.7 Å². The second-order valence-corrected chi connectivity index (χ2v) is 11.1. The van der Waals surface area contributed by atoms with Crippen LogP contribution in [0.2, 0.25) is 0 Å². The quantitative estimate of drug-likeness (QED) is 0.449. The zero-order chi connectivity index (χ0) is 24.4. The minimum Gasteiger partial charge on any atom is -0.497 e. The number of imidazole rings is 1. The fraction of sp³-hybridized carbons (Fsp3) is 0.414. The number of nitrogens with one attached hydrogen (secondary N) is 1. The number of aromatic amines is 1. The second kappa shape index (κ2) is 7.95. The van der Waals surface area contributed by atoms with Crippen molar-refractivity contribution in [2.24, 2.45) is 17.8 Å². The highest BCUT2D eigenvalue weighted by molar-refractivity contribution is 5.72. The Bertz CT molecular complexity index is 1550. The average molecular weight is 483 g/mol. The molecule has 4 saturated carbocycles. The number of H-pyrrole nitrogens is 1. The maximum absolute atomic E-state index is 13.3. The normalized spacial score (nSPS) is 26.2. The predicted molar refractivity (Wildman–Crippen MR) is 137 cm³/mol. The van der Waals surface area contributed by atoms with E-state index in [-0.39, 0.29) is 11.0 Å². The lowest BCUT2D eigenvalue weighted by Crippen LogP contribution is -2.35. The summed E-state index contributed by atoms with van der Waals surface area (Å²) >= 11 is 0. The van der Waals surface area contributed by atoms with E-state index in [0.29, 0.717) is 24.3 Å². The molecule has 0 spiro atoms. The molecule has 0 saturated heterocycles. The first kappa shape index (κ1) is 21.7. The largest absolute Gasteiger partial charge is 0.497 e. The van der Waals surface area contributed by atoms with E-state index in [2.05, 4.69) is 21.7 Å². The minimum atomic E-state index is -0.424. The molecule has 2 atom stereocenters. The maximum atomic E-state index is 13.3. The van der Waals surface area contributed by atoms with Crippen molar-refractivity contribution in [1.29, 1.82) is 0 Å². The van der Waals surface area contributed by atoms with Crippen LogP contribution in [0.5, 0.6) is 5.75 Å². The Labute approximate surface area is 208 Å². The molecule has 2 heterocycles. The highest BCUT2D eigenvalue weighted by atomic mass is 16.5. The number of benzene rings is 2. The van der Waals surface area contributed by atoms with Crippen molar-refractivity contribution in [1.82, 2.24) is 19.1 Å². The molecule has 36 heavy (non-hydrogen) atoms. The zero-order valence-corrected chi connectivity index (χ0v) is 20.4. The van der Waals surface area contributed by atoms with Gasteiger partial charge in [0.2, 0.25) is 0 Å². The van der Waals surface area contributed by atoms with Crippen LogP contribution in [0.25, 0.3) is 11.2 Å². The molecule has 1 N–H and O–H groups in total. The van der Waals surface area contributed by atoms with Crippen LogP contribution < -0.4 is 16.0 Å². The highest BCUT2D eigenvalue weighted by Gasteiger charge is 2.58. The Hall–Kier alpha value is -3.61. The molecule has 8 rings (SSSR count). The molecule has 0 radical (unpaired) electrons. The molecule has 4 aliphatic carbocycles. The van der Waals surface area contributed by atoms with Gasteiger partial charge >= 0.3 is 5.69 Å². The van der Waals surface area contributed by atoms with E-state index < -0.39 is 5.69 Å². The molecule has 0 aliphatic heterocycles. The Balaban J connectivity index is 1.42. The monoisotopic (exact) mass is 482 g/mol. The molecule has 4 fully saturated rings. The summed E-state index contributed by atoms with van der Waals surface area (Å²) in [5, 5.41) is 0. The Morgan fingerprint density at radius 2 is 1.58 bits per heavy atom. The van der Waals surface area contributed by atoms with E-state index >= 15 is 0 Å². The van der Waals surface area contributed by atoms with Crippen molar-refractivity contribution < 1.29 is 4.74 Å². The van der Waals surface area contributed by atoms with Gasteiger partial charge in [0.15, 0.2) is 11.2 Å². The fourth-order valence-electron chi connectivity index (χ4n) is 7.64. The average Bonchev–Trinajstić information content (AvgIpc) is 3.48. The van der Waals surface area contributed by atoms with Crippen LogP contribution in [0, 0.1) is 17.8 Å². The topological polar surface area (TPSA) is 81.9 Å². The summed E-state index contributed by atoms with van der Waals surface area (Å²) in [5.41, 5.74) is 2.27. The molecular weight excluding hydrogens is 452 g/mol. The van der Waals surface area contributed by atoms with Gasteiger partial charge in [0.1, 0.15) is 11.6 Å². The lowest BCUT2D eigenvalue weighted by Gasteiger charge is -2.38. The van der Waals surface area contributed by atoms with Gasteiger partial charge in [-0.3, -0.25) is 14.3 Å². The molecule has 2 aromatic carbocycles. The summed E-state index contributed by atoms with van der Waals surface area (Å²) in [5.74, 6) is 4.06. The number of hydrogen-bond acceptors (Lipinski definition) is 4. The summed E-state index contributed by atoms with van der Waals surface area (Å²) in [6, 6.07) is 17.9. The van der Waals surface area contributed by atoms with Gasteiger partial charge in [0.25, 0.3) is 5.56 Å². The Morgan fingerprint density at radius 1 is 0.917 bits per heavy atom. The Kier molecular flexibility index (Phi) is 4.78. The van der Waals surface area contributed by atoms with Crippen molar-refractivity contribution in [3.63, 3.8) is 0 Å². The van der Waals surface area contributed by atoms with E-state index in [4.69, 9.17) is 9.72 Å². The highest BCUT2D eigenvalue weighted by Crippen LogP contribution is 2.64. The first-order valence-electron chi connectivity index (χ1n) is 12.9. The Morgan fingerprint density at radius 3 is 2.25 bits per heavy atom. The van der Waals surface area contributed by atoms with Crippen LogP contribution >= 0.6 is 0 Å². The zero-order valence-electron chi connectivity index (χ0n) is 20.4. The van der Waals surface area contributed by atoms with E-state index in [1.54, 1.807) is 11.7 Å². The molecule has 7 heteroatoms. The van der Waals surface area contributed by atoms with Crippen molar-refractivity contribution >= 4 is 11.2 Å². The SMILES string of the molecule is COc1ccc(Cn2c(=O)[nH]c(=O)c3c2nc(C24CC5CC(C2)C(C5)C4)n3Cc2ccccc2)cc1. The number of fused-ring (bicyclic) bond motifs is 1. The molecule has 184 valence electrons. The molecule has 2 unspecified atom stereocenters. The summed E-state index contributed by atoms with van der Waals surface area (Å²) in [7, 11) is 1.63. The molecule has 2 aromatic heterocycles. The minimum absolute atomic E-state index is 0.00225. The summed E-state index contributed by atoms with van der Waals surface area (Å²) in [4.78, 5) is 34.2. The third-order valence-electron chi connectivity index (χ3n) is 8.97. The van der Waals surface area contributed by atoms with E-state index in [1.807, 2.05) is 42.5 Å². The third-order valence-corrected chi connectivity index (χ3v) is 8.97. The number of hydrogen-bond donors (Lipinski definition) is 1. The first-order chi connectivity index (χ1) is 17.5. The number of rotatable bonds is 6. The maximum Gasteiger partial charge on any atom is 0.330 e. The molecule has 4 aliphatic rings. The fourth-order valence-corrected chi connectivity index (χ4v) is 7.64. The van der Waals surface area contributed by atoms with Crippen LogP contribution in [0.3, 0.4) is 0 Å². The standard InChI is InChI=1S/C29H30N4O3/c1-36-23-9-7-19(8-10-23)17-33-25-24(26(34)31-28(33)35)32(16-18-5-3-2-4-6-18)27(30-25)29-13-20-11-21(14-29)22(12-20)15-29/h2-10,20-22H,11-17H2,1H3,(H,31,34,35). The van der Waals surface area contributed by atoms with Gasteiger partial charge in [0.05, 0.1) is 13.7 Å². The van der Waals surface area contributed by atoms with Crippen molar-refractivity contribution in [2.75, 3.05) is 7.11 Å². The summed E-state index contributed by atoms with van der Waals surface area (Å²) in [6.07, 6.45) is 6.11. The molecule has 4 aromatic rings. The van der Waals surface area contributed by atoms with Crippen LogP contribution in [0.15, 0.2) is 64.2 Å². The second-order valence-electron chi connectivity index (χ2n) is 11.1. The van der Waals surface area contributed by atoms with E-state index in [1.165, 1.54) is 12.8 Å². The van der Waals surface area contributed by atoms with Gasteiger partial charge in [0, 0.05) is 12.0 Å². The van der Waals surface area contributed by atoms with Gasteiger partial charge in [-0.05, 0) is 73.1 Å². The lowest BCUT2D eigenvalue weighted by atomic mass is 9.69.